The van der Waals surface area contributed by atoms with E-state index in [2.05, 4.69) is 15.0 Å². The number of likely N-dealkylation sites (N-methyl/N-ethyl adjacent to an activating group) is 1. The highest BCUT2D eigenvalue weighted by Crippen LogP contribution is 2.18. The van der Waals surface area contributed by atoms with Gasteiger partial charge < -0.3 is 5.32 Å². The number of rotatable bonds is 6. The second kappa shape index (κ2) is 6.14. The number of hydrogen-bond donors (Lipinski definition) is 2. The minimum absolute atomic E-state index is 0.246. The molecule has 0 atom stereocenters. The smallest absolute Gasteiger partial charge is 0.263 e. The average Bonchev–Trinajstić information content (AvgIpc) is 2.89. The van der Waals surface area contributed by atoms with Crippen LogP contribution in [0.2, 0.25) is 0 Å². The summed E-state index contributed by atoms with van der Waals surface area (Å²) in [6, 6.07) is 6.88. The molecule has 0 aliphatic heterocycles. The zero-order valence-electron chi connectivity index (χ0n) is 10.5. The highest BCUT2D eigenvalue weighted by atomic mass is 32.2. The molecule has 5 nitrogen and oxygen atoms in total. The van der Waals surface area contributed by atoms with Crippen molar-refractivity contribution in [1.82, 2.24) is 10.3 Å². The summed E-state index contributed by atoms with van der Waals surface area (Å²) < 4.78 is 26.6. The topological polar surface area (TPSA) is 71.1 Å². The quantitative estimate of drug-likeness (QED) is 0.851. The maximum absolute atomic E-state index is 12.1. The average molecular weight is 297 g/mol. The van der Waals surface area contributed by atoms with Gasteiger partial charge in [-0.3, -0.25) is 4.72 Å². The molecule has 1 aromatic heterocycles. The number of sulfonamides is 1. The van der Waals surface area contributed by atoms with Gasteiger partial charge in [-0.05, 0) is 37.7 Å². The molecule has 1 heterocycles. The van der Waals surface area contributed by atoms with Gasteiger partial charge in [0, 0.05) is 11.6 Å². The van der Waals surface area contributed by atoms with Gasteiger partial charge in [0.15, 0.2) is 5.13 Å². The van der Waals surface area contributed by atoms with E-state index in [0.29, 0.717) is 5.13 Å². The summed E-state index contributed by atoms with van der Waals surface area (Å²) >= 11 is 1.25. The molecular weight excluding hydrogens is 282 g/mol. The van der Waals surface area contributed by atoms with Gasteiger partial charge >= 0.3 is 0 Å². The van der Waals surface area contributed by atoms with Crippen molar-refractivity contribution in [3.63, 3.8) is 0 Å². The second-order valence-electron chi connectivity index (χ2n) is 3.94. The van der Waals surface area contributed by atoms with Crippen LogP contribution in [0.5, 0.6) is 0 Å². The summed E-state index contributed by atoms with van der Waals surface area (Å²) in [5, 5.41) is 5.15. The standard InChI is InChI=1S/C12H15N3O2S2/c1-13-7-6-10-2-4-11(5-3-10)19(16,17)15-12-14-8-9-18-12/h2-5,8-9,13H,6-7H2,1H3,(H,14,15). The van der Waals surface area contributed by atoms with Gasteiger partial charge in [0.05, 0.1) is 4.90 Å². The van der Waals surface area contributed by atoms with E-state index in [1.807, 2.05) is 19.2 Å². The van der Waals surface area contributed by atoms with Crippen molar-refractivity contribution in [3.8, 4) is 0 Å². The molecule has 0 spiro atoms. The molecule has 0 aliphatic rings. The molecule has 0 aliphatic carbocycles. The molecule has 0 radical (unpaired) electrons. The Balaban J connectivity index is 2.12. The zero-order chi connectivity index (χ0) is 13.7. The molecular formula is C12H15N3O2S2. The van der Waals surface area contributed by atoms with Crippen LogP contribution in [0.15, 0.2) is 40.7 Å². The Hall–Kier alpha value is -1.44. The predicted octanol–water partition coefficient (Wildman–Crippen LogP) is 1.71. The number of thiazole rings is 1. The van der Waals surface area contributed by atoms with E-state index in [0.717, 1.165) is 18.5 Å². The Morgan fingerprint density at radius 3 is 2.58 bits per heavy atom. The molecule has 1 aromatic carbocycles. The summed E-state index contributed by atoms with van der Waals surface area (Å²) in [6.45, 7) is 0.865. The first-order valence-corrected chi connectivity index (χ1v) is 8.14. The summed E-state index contributed by atoms with van der Waals surface area (Å²) in [5.74, 6) is 0. The minimum Gasteiger partial charge on any atom is -0.319 e. The lowest BCUT2D eigenvalue weighted by Crippen LogP contribution is -2.13. The van der Waals surface area contributed by atoms with E-state index in [4.69, 9.17) is 0 Å². The fourth-order valence-electron chi connectivity index (χ4n) is 1.55. The molecule has 0 unspecified atom stereocenters. The van der Waals surface area contributed by atoms with Gasteiger partial charge in [-0.1, -0.05) is 12.1 Å². The van der Waals surface area contributed by atoms with Gasteiger partial charge in [-0.25, -0.2) is 13.4 Å². The molecule has 19 heavy (non-hydrogen) atoms. The Morgan fingerprint density at radius 2 is 2.00 bits per heavy atom. The molecule has 0 amide bonds. The van der Waals surface area contributed by atoms with Crippen molar-refractivity contribution in [1.29, 1.82) is 0 Å². The van der Waals surface area contributed by atoms with E-state index < -0.39 is 10.0 Å². The van der Waals surface area contributed by atoms with Gasteiger partial charge in [-0.2, -0.15) is 0 Å². The highest BCUT2D eigenvalue weighted by molar-refractivity contribution is 7.93. The SMILES string of the molecule is CNCCc1ccc(S(=O)(=O)Nc2nccs2)cc1. The van der Waals surface area contributed by atoms with Crippen LogP contribution in [0.3, 0.4) is 0 Å². The lowest BCUT2D eigenvalue weighted by molar-refractivity contribution is 0.601. The van der Waals surface area contributed by atoms with Crippen molar-refractivity contribution in [3.05, 3.63) is 41.4 Å². The van der Waals surface area contributed by atoms with E-state index >= 15 is 0 Å². The second-order valence-corrected chi connectivity index (χ2v) is 6.52. The van der Waals surface area contributed by atoms with Crippen LogP contribution in [0, 0.1) is 0 Å². The third kappa shape index (κ3) is 3.76. The first kappa shape index (κ1) is 14.0. The van der Waals surface area contributed by atoms with Crippen LogP contribution < -0.4 is 10.0 Å². The summed E-state index contributed by atoms with van der Waals surface area (Å²) in [5.41, 5.74) is 1.10. The number of aromatic nitrogens is 1. The zero-order valence-corrected chi connectivity index (χ0v) is 12.1. The number of nitrogens with zero attached hydrogens (tertiary/aromatic N) is 1. The van der Waals surface area contributed by atoms with Crippen LogP contribution in [-0.4, -0.2) is 27.0 Å². The maximum atomic E-state index is 12.1. The Labute approximate surface area is 116 Å². The lowest BCUT2D eigenvalue weighted by atomic mass is 10.1. The number of anilines is 1. The fourth-order valence-corrected chi connectivity index (χ4v) is 3.34. The molecule has 7 heteroatoms. The highest BCUT2D eigenvalue weighted by Gasteiger charge is 2.14. The van der Waals surface area contributed by atoms with Gasteiger partial charge in [0.25, 0.3) is 10.0 Å². The first-order chi connectivity index (χ1) is 9.12. The third-order valence-electron chi connectivity index (χ3n) is 2.55. The van der Waals surface area contributed by atoms with E-state index in [1.165, 1.54) is 11.3 Å². The third-order valence-corrected chi connectivity index (χ3v) is 4.72. The molecule has 0 saturated heterocycles. The number of benzene rings is 1. The van der Waals surface area contributed by atoms with Crippen LogP contribution in [0.4, 0.5) is 5.13 Å². The van der Waals surface area contributed by atoms with Gasteiger partial charge in [-0.15, -0.1) is 11.3 Å². The predicted molar refractivity (Wildman–Crippen MR) is 77.0 cm³/mol. The fraction of sp³-hybridized carbons (Fsp3) is 0.250. The molecule has 0 bridgehead atoms. The van der Waals surface area contributed by atoms with Crippen molar-refractivity contribution >= 4 is 26.5 Å². The molecule has 2 aromatic rings. The lowest BCUT2D eigenvalue weighted by Gasteiger charge is -2.06. The largest absolute Gasteiger partial charge is 0.319 e. The van der Waals surface area contributed by atoms with Crippen LogP contribution >= 0.6 is 11.3 Å². The van der Waals surface area contributed by atoms with Crippen LogP contribution in [0.25, 0.3) is 0 Å². The van der Waals surface area contributed by atoms with Crippen molar-refractivity contribution in [2.24, 2.45) is 0 Å². The summed E-state index contributed by atoms with van der Waals surface area (Å²) in [6.07, 6.45) is 2.43. The number of nitrogens with one attached hydrogen (secondary N) is 2. The van der Waals surface area contributed by atoms with Crippen molar-refractivity contribution < 1.29 is 8.42 Å². The molecule has 102 valence electrons. The minimum atomic E-state index is -3.54. The number of hydrogen-bond acceptors (Lipinski definition) is 5. The molecule has 2 N–H and O–H groups in total. The van der Waals surface area contributed by atoms with E-state index in [9.17, 15) is 8.42 Å². The van der Waals surface area contributed by atoms with Gasteiger partial charge in [0.1, 0.15) is 0 Å². The monoisotopic (exact) mass is 297 g/mol. The maximum Gasteiger partial charge on any atom is 0.263 e. The Bertz CT molecular complexity index is 607. The Kier molecular flexibility index (Phi) is 4.52. The normalized spacial score (nSPS) is 11.4. The first-order valence-electron chi connectivity index (χ1n) is 5.78. The molecule has 2 rings (SSSR count). The van der Waals surface area contributed by atoms with Crippen molar-refractivity contribution in [2.75, 3.05) is 18.3 Å². The van der Waals surface area contributed by atoms with Crippen molar-refractivity contribution in [2.45, 2.75) is 11.3 Å². The van der Waals surface area contributed by atoms with Gasteiger partial charge in [0.2, 0.25) is 0 Å². The summed E-state index contributed by atoms with van der Waals surface area (Å²) in [4.78, 5) is 4.15. The van der Waals surface area contributed by atoms with Crippen LogP contribution in [0.1, 0.15) is 5.56 Å². The van der Waals surface area contributed by atoms with E-state index in [-0.39, 0.29) is 4.90 Å². The Morgan fingerprint density at radius 1 is 1.26 bits per heavy atom. The molecule has 0 fully saturated rings. The summed E-state index contributed by atoms with van der Waals surface area (Å²) in [7, 11) is -1.65. The van der Waals surface area contributed by atoms with Crippen LogP contribution in [-0.2, 0) is 16.4 Å². The molecule has 0 saturated carbocycles. The van der Waals surface area contributed by atoms with E-state index in [1.54, 1.807) is 23.7 Å².